The summed E-state index contributed by atoms with van der Waals surface area (Å²) < 4.78 is 0. The minimum Gasteiger partial charge on any atom is -0.315 e. The van der Waals surface area contributed by atoms with Gasteiger partial charge in [0, 0.05) is 31.1 Å². The standard InChI is InChI=1S/C14H20N2.2ClH/c1-2-5-12(6-3-1)9-16-13-7-4-8-14(13)10-15-11-14;;/h1-3,5-6,13,15-16H,4,7-11H2;2*1H. The smallest absolute Gasteiger partial charge is 0.0208 e. The molecule has 1 unspecified atom stereocenters. The highest BCUT2D eigenvalue weighted by atomic mass is 35.5. The van der Waals surface area contributed by atoms with Crippen LogP contribution < -0.4 is 10.6 Å². The van der Waals surface area contributed by atoms with Crippen LogP contribution in [0.15, 0.2) is 30.3 Å². The number of halogens is 2. The first-order valence-corrected chi connectivity index (χ1v) is 6.37. The Morgan fingerprint density at radius 1 is 1.17 bits per heavy atom. The molecule has 1 aromatic rings. The lowest BCUT2D eigenvalue weighted by Gasteiger charge is -2.44. The maximum absolute atomic E-state index is 3.75. The fourth-order valence-electron chi connectivity index (χ4n) is 3.16. The van der Waals surface area contributed by atoms with Crippen LogP contribution in [0.3, 0.4) is 0 Å². The molecule has 0 bridgehead atoms. The van der Waals surface area contributed by atoms with Crippen molar-refractivity contribution in [1.82, 2.24) is 10.6 Å². The maximum Gasteiger partial charge on any atom is 0.0208 e. The van der Waals surface area contributed by atoms with Crippen molar-refractivity contribution in [2.45, 2.75) is 31.8 Å². The van der Waals surface area contributed by atoms with Gasteiger partial charge in [-0.05, 0) is 18.4 Å². The first-order valence-electron chi connectivity index (χ1n) is 6.37. The summed E-state index contributed by atoms with van der Waals surface area (Å²) in [4.78, 5) is 0. The van der Waals surface area contributed by atoms with Crippen molar-refractivity contribution >= 4 is 24.8 Å². The molecule has 0 amide bonds. The summed E-state index contributed by atoms with van der Waals surface area (Å²) in [5.74, 6) is 0. The molecule has 2 nitrogen and oxygen atoms in total. The average molecular weight is 289 g/mol. The molecule has 1 saturated carbocycles. The Hall–Kier alpha value is -0.280. The van der Waals surface area contributed by atoms with Crippen molar-refractivity contribution in [3.05, 3.63) is 35.9 Å². The van der Waals surface area contributed by atoms with Gasteiger partial charge in [0.1, 0.15) is 0 Å². The van der Waals surface area contributed by atoms with Gasteiger partial charge in [0.15, 0.2) is 0 Å². The zero-order valence-electron chi connectivity index (χ0n) is 10.5. The van der Waals surface area contributed by atoms with E-state index in [1.54, 1.807) is 0 Å². The first-order chi connectivity index (χ1) is 7.89. The molecule has 4 heteroatoms. The summed E-state index contributed by atoms with van der Waals surface area (Å²) in [6, 6.07) is 11.4. The summed E-state index contributed by atoms with van der Waals surface area (Å²) in [6.45, 7) is 3.46. The van der Waals surface area contributed by atoms with Crippen LogP contribution in [-0.4, -0.2) is 19.1 Å². The summed E-state index contributed by atoms with van der Waals surface area (Å²) in [5.41, 5.74) is 1.99. The molecule has 18 heavy (non-hydrogen) atoms. The highest BCUT2D eigenvalue weighted by Gasteiger charge is 2.46. The molecular weight excluding hydrogens is 267 g/mol. The van der Waals surface area contributed by atoms with Crippen LogP contribution in [0.1, 0.15) is 24.8 Å². The quantitative estimate of drug-likeness (QED) is 0.894. The molecule has 1 aliphatic heterocycles. The Morgan fingerprint density at radius 2 is 1.89 bits per heavy atom. The molecule has 1 aromatic carbocycles. The number of hydrogen-bond donors (Lipinski definition) is 2. The van der Waals surface area contributed by atoms with Crippen LogP contribution in [0, 0.1) is 5.41 Å². The average Bonchev–Trinajstić information content (AvgIpc) is 2.71. The van der Waals surface area contributed by atoms with Crippen LogP contribution in [0.4, 0.5) is 0 Å². The Kier molecular flexibility index (Phi) is 5.93. The van der Waals surface area contributed by atoms with Gasteiger partial charge in [-0.15, -0.1) is 24.8 Å². The first kappa shape index (κ1) is 15.8. The van der Waals surface area contributed by atoms with Crippen LogP contribution in [-0.2, 0) is 6.54 Å². The van der Waals surface area contributed by atoms with E-state index < -0.39 is 0 Å². The Balaban J connectivity index is 0.000000810. The molecule has 1 aliphatic carbocycles. The second-order valence-corrected chi connectivity index (χ2v) is 5.28. The molecule has 1 spiro atoms. The van der Waals surface area contributed by atoms with E-state index >= 15 is 0 Å². The molecule has 0 radical (unpaired) electrons. The molecule has 2 fully saturated rings. The van der Waals surface area contributed by atoms with E-state index in [0.29, 0.717) is 5.41 Å². The van der Waals surface area contributed by atoms with E-state index in [9.17, 15) is 0 Å². The van der Waals surface area contributed by atoms with E-state index in [2.05, 4.69) is 41.0 Å². The van der Waals surface area contributed by atoms with Crippen LogP contribution >= 0.6 is 24.8 Å². The second kappa shape index (κ2) is 6.76. The number of benzene rings is 1. The minimum absolute atomic E-state index is 0. The number of nitrogens with one attached hydrogen (secondary N) is 2. The third-order valence-corrected chi connectivity index (χ3v) is 4.26. The van der Waals surface area contributed by atoms with E-state index in [1.165, 1.54) is 37.9 Å². The van der Waals surface area contributed by atoms with E-state index in [4.69, 9.17) is 0 Å². The Bertz CT molecular complexity index is 352. The lowest BCUT2D eigenvalue weighted by atomic mass is 9.77. The van der Waals surface area contributed by atoms with Crippen molar-refractivity contribution in [3.63, 3.8) is 0 Å². The van der Waals surface area contributed by atoms with E-state index in [0.717, 1.165) is 12.6 Å². The molecule has 1 saturated heterocycles. The van der Waals surface area contributed by atoms with Crippen LogP contribution in [0.2, 0.25) is 0 Å². The lowest BCUT2D eigenvalue weighted by molar-refractivity contribution is 0.131. The summed E-state index contributed by atoms with van der Waals surface area (Å²) in [6.07, 6.45) is 4.16. The highest BCUT2D eigenvalue weighted by molar-refractivity contribution is 5.85. The molecule has 2 N–H and O–H groups in total. The van der Waals surface area contributed by atoms with Gasteiger partial charge in [-0.3, -0.25) is 0 Å². The fourth-order valence-corrected chi connectivity index (χ4v) is 3.16. The highest BCUT2D eigenvalue weighted by Crippen LogP contribution is 2.41. The number of hydrogen-bond acceptors (Lipinski definition) is 2. The van der Waals surface area contributed by atoms with Gasteiger partial charge in [0.05, 0.1) is 0 Å². The minimum atomic E-state index is 0. The van der Waals surface area contributed by atoms with Gasteiger partial charge >= 0.3 is 0 Å². The molecule has 2 aliphatic rings. The predicted octanol–water partition coefficient (Wildman–Crippen LogP) is 2.76. The van der Waals surface area contributed by atoms with Gasteiger partial charge in [-0.1, -0.05) is 36.8 Å². The lowest BCUT2D eigenvalue weighted by Crippen LogP contribution is -2.60. The van der Waals surface area contributed by atoms with E-state index in [1.807, 2.05) is 0 Å². The Labute approximate surface area is 122 Å². The molecular formula is C14H22Cl2N2. The topological polar surface area (TPSA) is 24.1 Å². The molecule has 3 rings (SSSR count). The van der Waals surface area contributed by atoms with Gasteiger partial charge in [0.2, 0.25) is 0 Å². The molecule has 102 valence electrons. The van der Waals surface area contributed by atoms with Crippen molar-refractivity contribution in [2.75, 3.05) is 13.1 Å². The second-order valence-electron chi connectivity index (χ2n) is 5.28. The zero-order valence-corrected chi connectivity index (χ0v) is 12.2. The third kappa shape index (κ3) is 3.00. The van der Waals surface area contributed by atoms with Gasteiger partial charge in [-0.2, -0.15) is 0 Å². The zero-order chi connectivity index (χ0) is 10.8. The summed E-state index contributed by atoms with van der Waals surface area (Å²) >= 11 is 0. The van der Waals surface area contributed by atoms with Crippen molar-refractivity contribution in [1.29, 1.82) is 0 Å². The Morgan fingerprint density at radius 3 is 2.50 bits per heavy atom. The van der Waals surface area contributed by atoms with Crippen molar-refractivity contribution in [2.24, 2.45) is 5.41 Å². The largest absolute Gasteiger partial charge is 0.315 e. The summed E-state index contributed by atoms with van der Waals surface area (Å²) in [5, 5.41) is 7.18. The van der Waals surface area contributed by atoms with Gasteiger partial charge in [0.25, 0.3) is 0 Å². The normalized spacial score (nSPS) is 23.9. The van der Waals surface area contributed by atoms with Gasteiger partial charge in [-0.25, -0.2) is 0 Å². The maximum atomic E-state index is 3.75. The SMILES string of the molecule is Cl.Cl.c1ccc(CNC2CCCC23CNC3)cc1. The fraction of sp³-hybridized carbons (Fsp3) is 0.571. The third-order valence-electron chi connectivity index (χ3n) is 4.26. The predicted molar refractivity (Wildman–Crippen MR) is 80.7 cm³/mol. The van der Waals surface area contributed by atoms with Crippen LogP contribution in [0.25, 0.3) is 0 Å². The van der Waals surface area contributed by atoms with Crippen LogP contribution in [0.5, 0.6) is 0 Å². The summed E-state index contributed by atoms with van der Waals surface area (Å²) in [7, 11) is 0. The van der Waals surface area contributed by atoms with E-state index in [-0.39, 0.29) is 24.8 Å². The van der Waals surface area contributed by atoms with Gasteiger partial charge < -0.3 is 10.6 Å². The molecule has 1 atom stereocenters. The monoisotopic (exact) mass is 288 g/mol. The molecule has 1 heterocycles. The number of rotatable bonds is 3. The van der Waals surface area contributed by atoms with Crippen molar-refractivity contribution < 1.29 is 0 Å². The van der Waals surface area contributed by atoms with Crippen molar-refractivity contribution in [3.8, 4) is 0 Å². The molecule has 0 aromatic heterocycles.